The molecule has 1 unspecified atom stereocenters. The van der Waals surface area contributed by atoms with Crippen molar-refractivity contribution in [3.8, 4) is 11.1 Å². The quantitative estimate of drug-likeness (QED) is 0.364. The molecule has 1 aliphatic rings. The van der Waals surface area contributed by atoms with Gasteiger partial charge in [-0.1, -0.05) is 59.6 Å². The van der Waals surface area contributed by atoms with Crippen molar-refractivity contribution >= 4 is 40.6 Å². The van der Waals surface area contributed by atoms with Crippen LogP contribution in [-0.4, -0.2) is 69.6 Å². The summed E-state index contributed by atoms with van der Waals surface area (Å²) in [6.45, 7) is 4.38. The number of halogens is 2. The first kappa shape index (κ1) is 28.1. The summed E-state index contributed by atoms with van der Waals surface area (Å²) in [7, 11) is 1.86. The number of nitrogens with two attached hydrogens (primary N) is 1. The van der Waals surface area contributed by atoms with Gasteiger partial charge in [-0.2, -0.15) is 0 Å². The number of benzene rings is 3. The maximum Gasteiger partial charge on any atom is 0.248 e. The number of Topliss-reactive ketones (excluding diaryl/α,β-unsaturated/α-hetero) is 1. The summed E-state index contributed by atoms with van der Waals surface area (Å²) in [5.74, 6) is -0.377. The molecular formula is C29H32Cl2N4O3. The van der Waals surface area contributed by atoms with E-state index in [1.807, 2.05) is 30.1 Å². The highest BCUT2D eigenvalue weighted by molar-refractivity contribution is 6.42. The van der Waals surface area contributed by atoms with Crippen molar-refractivity contribution in [3.05, 3.63) is 87.9 Å². The van der Waals surface area contributed by atoms with Crippen LogP contribution in [0.1, 0.15) is 22.0 Å². The maximum absolute atomic E-state index is 12.9. The van der Waals surface area contributed by atoms with E-state index in [-0.39, 0.29) is 24.9 Å². The van der Waals surface area contributed by atoms with Gasteiger partial charge >= 0.3 is 0 Å². The second-order valence-electron chi connectivity index (χ2n) is 9.40. The van der Waals surface area contributed by atoms with E-state index in [2.05, 4.69) is 34.5 Å². The monoisotopic (exact) mass is 554 g/mol. The molecule has 1 fully saturated rings. The first-order valence-corrected chi connectivity index (χ1v) is 13.3. The SMILES string of the molecule is CN(CC(=O)CNC(CN1CCOCC1)c1ccc(-c2ccc(C(N)=O)cc2)cc1)c1ccc(Cl)c(Cl)c1. The zero-order valence-electron chi connectivity index (χ0n) is 21.3. The van der Waals surface area contributed by atoms with Gasteiger partial charge in [0.2, 0.25) is 5.91 Å². The number of likely N-dealkylation sites (N-methyl/N-ethyl adjacent to an activating group) is 1. The van der Waals surface area contributed by atoms with Gasteiger partial charge in [0.1, 0.15) is 0 Å². The summed E-state index contributed by atoms with van der Waals surface area (Å²) < 4.78 is 5.51. The van der Waals surface area contributed by atoms with E-state index in [1.54, 1.807) is 24.3 Å². The molecule has 7 nitrogen and oxygen atoms in total. The third-order valence-electron chi connectivity index (χ3n) is 6.66. The minimum Gasteiger partial charge on any atom is -0.379 e. The van der Waals surface area contributed by atoms with Gasteiger partial charge in [-0.15, -0.1) is 0 Å². The van der Waals surface area contributed by atoms with E-state index < -0.39 is 5.91 Å². The maximum atomic E-state index is 12.9. The molecule has 200 valence electrons. The number of ether oxygens (including phenoxy) is 1. The normalized spacial score (nSPS) is 14.7. The van der Waals surface area contributed by atoms with Gasteiger partial charge in [0.15, 0.2) is 5.78 Å². The van der Waals surface area contributed by atoms with Crippen LogP contribution < -0.4 is 16.0 Å². The van der Waals surface area contributed by atoms with Gasteiger partial charge in [-0.3, -0.25) is 14.5 Å². The number of nitrogens with one attached hydrogen (secondary N) is 1. The first-order valence-electron chi connectivity index (χ1n) is 12.5. The first-order chi connectivity index (χ1) is 18.3. The zero-order valence-corrected chi connectivity index (χ0v) is 22.8. The summed E-state index contributed by atoms with van der Waals surface area (Å²) in [5, 5.41) is 4.42. The molecule has 38 heavy (non-hydrogen) atoms. The third kappa shape index (κ3) is 7.56. The Labute approximate surface area is 233 Å². The number of primary amides is 1. The number of carbonyl (C=O) groups is 2. The van der Waals surface area contributed by atoms with E-state index in [9.17, 15) is 9.59 Å². The number of carbonyl (C=O) groups excluding carboxylic acids is 2. The minimum atomic E-state index is -0.443. The molecule has 0 saturated carbocycles. The number of morpholine rings is 1. The molecule has 1 aliphatic heterocycles. The molecule has 3 aromatic carbocycles. The Hall–Kier alpha value is -2.94. The molecule has 1 saturated heterocycles. The van der Waals surface area contributed by atoms with E-state index in [4.69, 9.17) is 33.7 Å². The lowest BCUT2D eigenvalue weighted by Crippen LogP contribution is -2.43. The van der Waals surface area contributed by atoms with Gasteiger partial charge in [0, 0.05) is 44.0 Å². The number of anilines is 1. The molecule has 3 aromatic rings. The van der Waals surface area contributed by atoms with E-state index in [0.29, 0.717) is 28.8 Å². The fraction of sp³-hybridized carbons (Fsp3) is 0.310. The number of hydrogen-bond acceptors (Lipinski definition) is 6. The molecule has 9 heteroatoms. The summed E-state index contributed by atoms with van der Waals surface area (Å²) in [5.41, 5.74) is 9.80. The topological polar surface area (TPSA) is 87.9 Å². The molecule has 0 aliphatic carbocycles. The van der Waals surface area contributed by atoms with Crippen LogP contribution >= 0.6 is 23.2 Å². The van der Waals surface area contributed by atoms with Crippen LogP contribution in [0.4, 0.5) is 5.69 Å². The average molecular weight is 556 g/mol. The van der Waals surface area contributed by atoms with E-state index in [1.165, 1.54) is 0 Å². The Balaban J connectivity index is 1.43. The van der Waals surface area contributed by atoms with Crippen LogP contribution in [0.25, 0.3) is 11.1 Å². The van der Waals surface area contributed by atoms with E-state index >= 15 is 0 Å². The van der Waals surface area contributed by atoms with Crippen LogP contribution in [0.5, 0.6) is 0 Å². The molecule has 1 heterocycles. The lowest BCUT2D eigenvalue weighted by molar-refractivity contribution is -0.117. The van der Waals surface area contributed by atoms with Crippen molar-refractivity contribution in [2.45, 2.75) is 6.04 Å². The van der Waals surface area contributed by atoms with Crippen molar-refractivity contribution in [2.24, 2.45) is 5.73 Å². The average Bonchev–Trinajstić information content (AvgIpc) is 2.93. The molecular weight excluding hydrogens is 523 g/mol. The zero-order chi connectivity index (χ0) is 27.1. The molecule has 4 rings (SSSR count). The number of hydrogen-bond donors (Lipinski definition) is 2. The number of nitrogens with zero attached hydrogens (tertiary/aromatic N) is 2. The molecule has 0 aromatic heterocycles. The highest BCUT2D eigenvalue weighted by Crippen LogP contribution is 2.27. The Morgan fingerprint density at radius 3 is 2.21 bits per heavy atom. The number of ketones is 1. The second-order valence-corrected chi connectivity index (χ2v) is 10.2. The standard InChI is InChI=1S/C29H32Cl2N4O3/c1-34(24-10-11-26(30)27(31)16-24)18-25(36)17-33-28(19-35-12-14-38-15-13-35)22-6-2-20(3-7-22)21-4-8-23(9-5-21)29(32)37/h2-11,16,28,33H,12-15,17-19H2,1H3,(H2,32,37). The molecule has 1 amide bonds. The van der Waals surface area contributed by atoms with Crippen LogP contribution in [-0.2, 0) is 9.53 Å². The van der Waals surface area contributed by atoms with Crippen molar-refractivity contribution in [3.63, 3.8) is 0 Å². The van der Waals surface area contributed by atoms with Gasteiger partial charge in [0.25, 0.3) is 0 Å². The Morgan fingerprint density at radius 2 is 1.61 bits per heavy atom. The van der Waals surface area contributed by atoms with Crippen molar-refractivity contribution in [1.82, 2.24) is 10.2 Å². The van der Waals surface area contributed by atoms with Crippen molar-refractivity contribution in [1.29, 1.82) is 0 Å². The summed E-state index contributed by atoms with van der Waals surface area (Å²) in [6.07, 6.45) is 0. The second kappa shape index (κ2) is 13.2. The Kier molecular flexibility index (Phi) is 9.77. The fourth-order valence-electron chi connectivity index (χ4n) is 4.44. The smallest absolute Gasteiger partial charge is 0.248 e. The summed E-state index contributed by atoms with van der Waals surface area (Å²) in [4.78, 5) is 28.5. The number of amides is 1. The minimum absolute atomic E-state index is 0.0291. The predicted molar refractivity (Wildman–Crippen MR) is 153 cm³/mol. The third-order valence-corrected chi connectivity index (χ3v) is 7.40. The van der Waals surface area contributed by atoms with Gasteiger partial charge in [-0.05, 0) is 47.0 Å². The van der Waals surface area contributed by atoms with Crippen LogP contribution in [0.2, 0.25) is 10.0 Å². The van der Waals surface area contributed by atoms with Crippen LogP contribution in [0.3, 0.4) is 0 Å². The molecule has 0 radical (unpaired) electrons. The van der Waals surface area contributed by atoms with Crippen molar-refractivity contribution in [2.75, 3.05) is 57.9 Å². The van der Waals surface area contributed by atoms with Gasteiger partial charge in [-0.25, -0.2) is 0 Å². The molecule has 0 bridgehead atoms. The predicted octanol–water partition coefficient (Wildman–Crippen LogP) is 4.43. The van der Waals surface area contributed by atoms with Crippen molar-refractivity contribution < 1.29 is 14.3 Å². The molecule has 0 spiro atoms. The Morgan fingerprint density at radius 1 is 0.974 bits per heavy atom. The van der Waals surface area contributed by atoms with Crippen LogP contribution in [0, 0.1) is 0 Å². The number of rotatable bonds is 11. The lowest BCUT2D eigenvalue weighted by atomic mass is 9.99. The summed E-state index contributed by atoms with van der Waals surface area (Å²) in [6, 6.07) is 20.8. The van der Waals surface area contributed by atoms with Crippen LogP contribution in [0.15, 0.2) is 66.7 Å². The largest absolute Gasteiger partial charge is 0.379 e. The Bertz CT molecular complexity index is 1250. The van der Waals surface area contributed by atoms with E-state index in [0.717, 1.165) is 42.0 Å². The highest BCUT2D eigenvalue weighted by Gasteiger charge is 2.20. The summed E-state index contributed by atoms with van der Waals surface area (Å²) >= 11 is 12.2. The van der Waals surface area contributed by atoms with Gasteiger partial charge < -0.3 is 20.7 Å². The highest BCUT2D eigenvalue weighted by atomic mass is 35.5. The molecule has 3 N–H and O–H groups in total. The van der Waals surface area contributed by atoms with Gasteiger partial charge in [0.05, 0.1) is 36.3 Å². The lowest BCUT2D eigenvalue weighted by Gasteiger charge is -2.31. The molecule has 1 atom stereocenters. The fourth-order valence-corrected chi connectivity index (χ4v) is 4.73.